The highest BCUT2D eigenvalue weighted by molar-refractivity contribution is 7.99. The monoisotopic (exact) mass is 345 g/mol. The first-order valence-electron chi connectivity index (χ1n) is 8.07. The molecule has 2 aliphatic heterocycles. The number of fused-ring (bicyclic) bond motifs is 2. The van der Waals surface area contributed by atoms with Crippen molar-refractivity contribution in [3.8, 4) is 0 Å². The summed E-state index contributed by atoms with van der Waals surface area (Å²) < 4.78 is 0. The molecule has 2 heterocycles. The fourth-order valence-electron chi connectivity index (χ4n) is 3.89. The van der Waals surface area contributed by atoms with E-state index in [4.69, 9.17) is 11.6 Å². The molecule has 0 amide bonds. The van der Waals surface area contributed by atoms with Gasteiger partial charge in [-0.25, -0.2) is 0 Å². The SMILES string of the molecule is CN1CCC(C2(O)c3ccccc3Sc3ccc(Cl)cc32)CC1. The van der Waals surface area contributed by atoms with Crippen molar-refractivity contribution in [2.45, 2.75) is 28.2 Å². The van der Waals surface area contributed by atoms with Gasteiger partial charge in [0.1, 0.15) is 5.60 Å². The zero-order chi connectivity index (χ0) is 16.0. The quantitative estimate of drug-likeness (QED) is 0.829. The molecule has 0 spiro atoms. The third-order valence-corrected chi connectivity index (χ3v) is 6.57. The van der Waals surface area contributed by atoms with Gasteiger partial charge in [0.25, 0.3) is 0 Å². The highest BCUT2D eigenvalue weighted by Gasteiger charge is 2.46. The van der Waals surface area contributed by atoms with E-state index in [0.29, 0.717) is 5.02 Å². The summed E-state index contributed by atoms with van der Waals surface area (Å²) in [7, 11) is 2.15. The number of hydrogen-bond acceptors (Lipinski definition) is 3. The van der Waals surface area contributed by atoms with E-state index >= 15 is 0 Å². The molecule has 0 saturated carbocycles. The van der Waals surface area contributed by atoms with Crippen molar-refractivity contribution in [2.75, 3.05) is 20.1 Å². The van der Waals surface area contributed by atoms with Crippen molar-refractivity contribution in [1.29, 1.82) is 0 Å². The number of hydrogen-bond donors (Lipinski definition) is 1. The fraction of sp³-hybridized carbons (Fsp3) is 0.368. The first-order valence-corrected chi connectivity index (χ1v) is 9.27. The van der Waals surface area contributed by atoms with Crippen molar-refractivity contribution >= 4 is 23.4 Å². The predicted molar refractivity (Wildman–Crippen MR) is 95.2 cm³/mol. The number of rotatable bonds is 1. The first-order chi connectivity index (χ1) is 11.1. The van der Waals surface area contributed by atoms with Crippen LogP contribution in [-0.4, -0.2) is 30.1 Å². The van der Waals surface area contributed by atoms with E-state index in [9.17, 15) is 5.11 Å². The lowest BCUT2D eigenvalue weighted by Crippen LogP contribution is -2.44. The molecule has 1 N–H and O–H groups in total. The van der Waals surface area contributed by atoms with Crippen LogP contribution in [0.5, 0.6) is 0 Å². The third kappa shape index (κ3) is 2.51. The van der Waals surface area contributed by atoms with Gasteiger partial charge in [-0.05, 0) is 63.2 Å². The van der Waals surface area contributed by atoms with Crippen molar-refractivity contribution in [1.82, 2.24) is 4.90 Å². The summed E-state index contributed by atoms with van der Waals surface area (Å²) in [5, 5.41) is 12.6. The van der Waals surface area contributed by atoms with Gasteiger partial charge in [0.05, 0.1) is 0 Å². The lowest BCUT2D eigenvalue weighted by molar-refractivity contribution is -0.0159. The molecule has 2 aromatic rings. The maximum absolute atomic E-state index is 11.9. The van der Waals surface area contributed by atoms with Gasteiger partial charge in [-0.1, -0.05) is 41.6 Å². The topological polar surface area (TPSA) is 23.5 Å². The molecule has 0 radical (unpaired) electrons. The smallest absolute Gasteiger partial charge is 0.120 e. The lowest BCUT2D eigenvalue weighted by Gasteiger charge is -2.44. The highest BCUT2D eigenvalue weighted by atomic mass is 35.5. The van der Waals surface area contributed by atoms with E-state index in [2.05, 4.69) is 24.1 Å². The Bertz CT molecular complexity index is 742. The largest absolute Gasteiger partial charge is 0.380 e. The minimum absolute atomic E-state index is 0.220. The second-order valence-corrected chi connectivity index (χ2v) is 8.10. The third-order valence-electron chi connectivity index (χ3n) is 5.18. The van der Waals surface area contributed by atoms with E-state index < -0.39 is 5.60 Å². The first kappa shape index (κ1) is 15.5. The van der Waals surface area contributed by atoms with E-state index in [0.717, 1.165) is 46.8 Å². The molecule has 23 heavy (non-hydrogen) atoms. The van der Waals surface area contributed by atoms with Crippen molar-refractivity contribution in [3.63, 3.8) is 0 Å². The molecular formula is C19H20ClNOS. The Morgan fingerprint density at radius 1 is 1.09 bits per heavy atom. The Balaban J connectivity index is 1.88. The Kier molecular flexibility index (Phi) is 3.93. The van der Waals surface area contributed by atoms with Crippen LogP contribution in [-0.2, 0) is 5.60 Å². The summed E-state index contributed by atoms with van der Waals surface area (Å²) in [5.41, 5.74) is 1.07. The summed E-state index contributed by atoms with van der Waals surface area (Å²) >= 11 is 7.99. The van der Waals surface area contributed by atoms with Crippen LogP contribution in [0.2, 0.25) is 5.02 Å². The van der Waals surface area contributed by atoms with E-state index in [1.54, 1.807) is 11.8 Å². The average molecular weight is 346 g/mol. The summed E-state index contributed by atoms with van der Waals surface area (Å²) in [6.45, 7) is 2.05. The maximum atomic E-state index is 11.9. The molecule has 120 valence electrons. The number of likely N-dealkylation sites (tertiary alicyclic amines) is 1. The summed E-state index contributed by atoms with van der Waals surface area (Å²) in [5.74, 6) is 0.220. The summed E-state index contributed by atoms with van der Waals surface area (Å²) in [6, 6.07) is 14.2. The van der Waals surface area contributed by atoms with Crippen LogP contribution in [0.25, 0.3) is 0 Å². The number of nitrogens with zero attached hydrogens (tertiary/aromatic N) is 1. The Hall–Kier alpha value is -1.00. The molecule has 4 heteroatoms. The normalized spacial score (nSPS) is 25.0. The molecular weight excluding hydrogens is 326 g/mol. The minimum atomic E-state index is -0.941. The summed E-state index contributed by atoms with van der Waals surface area (Å²) in [4.78, 5) is 4.61. The molecule has 1 saturated heterocycles. The van der Waals surface area contributed by atoms with Gasteiger partial charge in [0.15, 0.2) is 0 Å². The van der Waals surface area contributed by atoms with Gasteiger partial charge in [0.2, 0.25) is 0 Å². The molecule has 0 aromatic heterocycles. The molecule has 2 aromatic carbocycles. The van der Waals surface area contributed by atoms with E-state index in [-0.39, 0.29) is 5.92 Å². The van der Waals surface area contributed by atoms with Gasteiger partial charge in [-0.15, -0.1) is 0 Å². The van der Waals surface area contributed by atoms with Crippen molar-refractivity contribution < 1.29 is 5.11 Å². The predicted octanol–water partition coefficient (Wildman–Crippen LogP) is 4.38. The molecule has 1 unspecified atom stereocenters. The maximum Gasteiger partial charge on any atom is 0.120 e. The second-order valence-electron chi connectivity index (χ2n) is 6.58. The van der Waals surface area contributed by atoms with Crippen molar-refractivity contribution in [3.05, 3.63) is 58.6 Å². The highest BCUT2D eigenvalue weighted by Crippen LogP contribution is 2.53. The van der Waals surface area contributed by atoms with Gasteiger partial charge >= 0.3 is 0 Å². The zero-order valence-electron chi connectivity index (χ0n) is 13.1. The molecule has 1 fully saturated rings. The Morgan fingerprint density at radius 3 is 2.57 bits per heavy atom. The molecule has 4 rings (SSSR count). The number of benzene rings is 2. The van der Waals surface area contributed by atoms with Crippen LogP contribution >= 0.6 is 23.4 Å². The second kappa shape index (κ2) is 5.82. The van der Waals surface area contributed by atoms with Crippen LogP contribution in [0.4, 0.5) is 0 Å². The van der Waals surface area contributed by atoms with Crippen LogP contribution in [0, 0.1) is 5.92 Å². The number of piperidine rings is 1. The van der Waals surface area contributed by atoms with Crippen LogP contribution in [0.1, 0.15) is 24.0 Å². The zero-order valence-corrected chi connectivity index (χ0v) is 14.7. The Labute approximate surface area is 146 Å². The molecule has 2 nitrogen and oxygen atoms in total. The van der Waals surface area contributed by atoms with Crippen LogP contribution in [0.15, 0.2) is 52.3 Å². The number of aliphatic hydroxyl groups is 1. The molecule has 0 bridgehead atoms. The van der Waals surface area contributed by atoms with Crippen molar-refractivity contribution in [2.24, 2.45) is 5.92 Å². The standard InChI is InChI=1S/C19H20ClNOS/c1-21-10-8-13(9-11-21)19(22)15-4-2-3-5-17(15)23-18-7-6-14(20)12-16(18)19/h2-7,12-13,22H,8-11H2,1H3. The van der Waals surface area contributed by atoms with Gasteiger partial charge in [0, 0.05) is 25.9 Å². The fourth-order valence-corrected chi connectivity index (χ4v) is 5.24. The molecule has 0 aliphatic carbocycles. The van der Waals surface area contributed by atoms with Crippen LogP contribution < -0.4 is 0 Å². The van der Waals surface area contributed by atoms with Crippen LogP contribution in [0.3, 0.4) is 0 Å². The lowest BCUT2D eigenvalue weighted by atomic mass is 9.71. The Morgan fingerprint density at radius 2 is 1.78 bits per heavy atom. The molecule has 1 atom stereocenters. The van der Waals surface area contributed by atoms with E-state index in [1.165, 1.54) is 0 Å². The van der Waals surface area contributed by atoms with E-state index in [1.807, 2.05) is 30.3 Å². The molecule has 2 aliphatic rings. The average Bonchev–Trinajstić information content (AvgIpc) is 2.56. The van der Waals surface area contributed by atoms with Gasteiger partial charge < -0.3 is 10.0 Å². The van der Waals surface area contributed by atoms with Gasteiger partial charge in [-0.3, -0.25) is 0 Å². The minimum Gasteiger partial charge on any atom is -0.380 e. The number of halogens is 1. The summed E-state index contributed by atoms with van der Waals surface area (Å²) in [6.07, 6.45) is 2.00. The van der Waals surface area contributed by atoms with Gasteiger partial charge in [-0.2, -0.15) is 0 Å².